The van der Waals surface area contributed by atoms with Crippen LogP contribution in [0.15, 0.2) is 69.1 Å². The Labute approximate surface area is 194 Å². The molecule has 0 fully saturated rings. The first-order valence-electron chi connectivity index (χ1n) is 10.1. The zero-order valence-corrected chi connectivity index (χ0v) is 19.2. The van der Waals surface area contributed by atoms with Gasteiger partial charge in [0.15, 0.2) is 15.7 Å². The van der Waals surface area contributed by atoms with Crippen LogP contribution in [-0.4, -0.2) is 51.5 Å². The average molecular weight is 483 g/mol. The number of nitrogen functional groups attached to an aromatic ring is 1. The highest BCUT2D eigenvalue weighted by Gasteiger charge is 2.19. The van der Waals surface area contributed by atoms with Gasteiger partial charge >= 0.3 is 5.69 Å². The van der Waals surface area contributed by atoms with Gasteiger partial charge in [-0.3, -0.25) is 14.3 Å². The smallest absolute Gasteiger partial charge is 0.330 e. The predicted molar refractivity (Wildman–Crippen MR) is 126 cm³/mol. The molecule has 0 radical (unpaired) electrons. The lowest BCUT2D eigenvalue weighted by molar-refractivity contribution is 0.602. The molecule has 2 heterocycles. The van der Waals surface area contributed by atoms with Gasteiger partial charge in [0.05, 0.1) is 23.7 Å². The van der Waals surface area contributed by atoms with Crippen molar-refractivity contribution in [1.29, 1.82) is 0 Å². The molecule has 12 nitrogen and oxygen atoms in total. The maximum atomic E-state index is 12.6. The van der Waals surface area contributed by atoms with Crippen LogP contribution in [0, 0.1) is 0 Å². The van der Waals surface area contributed by atoms with Gasteiger partial charge in [0.25, 0.3) is 5.56 Å². The van der Waals surface area contributed by atoms with Gasteiger partial charge in [-0.25, -0.2) is 13.2 Å². The van der Waals surface area contributed by atoms with E-state index >= 15 is 0 Å². The highest BCUT2D eigenvalue weighted by atomic mass is 32.2. The fourth-order valence-electron chi connectivity index (χ4n) is 3.50. The lowest BCUT2D eigenvalue weighted by atomic mass is 10.2. The second-order valence-electron chi connectivity index (χ2n) is 7.69. The van der Waals surface area contributed by atoms with E-state index in [0.29, 0.717) is 11.5 Å². The third kappa shape index (κ3) is 4.59. The molecule has 0 aliphatic heterocycles. The van der Waals surface area contributed by atoms with Gasteiger partial charge in [0, 0.05) is 13.3 Å². The molecule has 0 bridgehead atoms. The molecule has 13 heteroatoms. The molecule has 0 aliphatic rings. The van der Waals surface area contributed by atoms with Crippen molar-refractivity contribution in [2.24, 2.45) is 0 Å². The molecule has 0 atom stereocenters. The van der Waals surface area contributed by atoms with Crippen molar-refractivity contribution in [3.8, 4) is 5.69 Å². The lowest BCUT2D eigenvalue weighted by Gasteiger charge is -2.21. The Bertz CT molecular complexity index is 1540. The van der Waals surface area contributed by atoms with Gasteiger partial charge in [0.2, 0.25) is 0 Å². The van der Waals surface area contributed by atoms with E-state index in [1.165, 1.54) is 21.4 Å². The van der Waals surface area contributed by atoms with Crippen LogP contribution in [-0.2, 0) is 22.9 Å². The molecule has 0 unspecified atom stereocenters. The molecule has 2 aromatic heterocycles. The molecule has 0 spiro atoms. The van der Waals surface area contributed by atoms with E-state index < -0.39 is 21.1 Å². The molecule has 0 saturated heterocycles. The van der Waals surface area contributed by atoms with Gasteiger partial charge in [-0.05, 0) is 40.3 Å². The summed E-state index contributed by atoms with van der Waals surface area (Å²) in [4.78, 5) is 29.1. The van der Waals surface area contributed by atoms with Crippen LogP contribution in [0.4, 0.5) is 11.5 Å². The highest BCUT2D eigenvalue weighted by molar-refractivity contribution is 7.90. The summed E-state index contributed by atoms with van der Waals surface area (Å²) in [5.41, 5.74) is 6.49. The molecule has 0 aliphatic carbocycles. The number of hydrogen-bond acceptors (Lipinski definition) is 9. The van der Waals surface area contributed by atoms with Crippen LogP contribution >= 0.6 is 0 Å². The molecular formula is C21H22N8O4S. The van der Waals surface area contributed by atoms with Crippen LogP contribution in [0.1, 0.15) is 11.4 Å². The van der Waals surface area contributed by atoms with Crippen LogP contribution in [0.25, 0.3) is 5.69 Å². The zero-order valence-electron chi connectivity index (χ0n) is 18.4. The Hall–Kier alpha value is -4.26. The molecular weight excluding hydrogens is 460 g/mol. The summed E-state index contributed by atoms with van der Waals surface area (Å²) in [6, 6.07) is 15.3. The Kier molecular flexibility index (Phi) is 6.03. The number of anilines is 2. The number of rotatable bonds is 7. The first kappa shape index (κ1) is 22.9. The molecule has 0 amide bonds. The number of nitrogens with one attached hydrogen (secondary N) is 1. The molecule has 176 valence electrons. The lowest BCUT2D eigenvalue weighted by Crippen LogP contribution is -2.37. The summed E-state index contributed by atoms with van der Waals surface area (Å²) < 4.78 is 26.1. The van der Waals surface area contributed by atoms with Crippen molar-refractivity contribution < 1.29 is 8.42 Å². The molecule has 3 N–H and O–H groups in total. The monoisotopic (exact) mass is 482 g/mol. The van der Waals surface area contributed by atoms with Crippen molar-refractivity contribution in [2.75, 3.05) is 23.9 Å². The van der Waals surface area contributed by atoms with E-state index in [1.807, 2.05) is 30.3 Å². The summed E-state index contributed by atoms with van der Waals surface area (Å²) in [5, 5.41) is 11.7. The number of H-pyrrole nitrogens is 1. The van der Waals surface area contributed by atoms with E-state index in [0.717, 1.165) is 11.8 Å². The summed E-state index contributed by atoms with van der Waals surface area (Å²) in [7, 11) is -1.71. The Morgan fingerprint density at radius 1 is 1.06 bits per heavy atom. The Morgan fingerprint density at radius 3 is 2.38 bits per heavy atom. The molecule has 4 rings (SSSR count). The van der Waals surface area contributed by atoms with Crippen molar-refractivity contribution >= 4 is 21.3 Å². The highest BCUT2D eigenvalue weighted by Crippen LogP contribution is 2.19. The minimum Gasteiger partial charge on any atom is -0.383 e. The summed E-state index contributed by atoms with van der Waals surface area (Å²) in [5.74, 6) is 0.380. The van der Waals surface area contributed by atoms with Crippen LogP contribution in [0.2, 0.25) is 0 Å². The van der Waals surface area contributed by atoms with E-state index in [1.54, 1.807) is 24.1 Å². The third-order valence-electron chi connectivity index (χ3n) is 5.20. The topological polar surface area (TPSA) is 162 Å². The second-order valence-corrected chi connectivity index (χ2v) is 9.71. The van der Waals surface area contributed by atoms with E-state index in [2.05, 4.69) is 20.5 Å². The zero-order chi connectivity index (χ0) is 24.5. The van der Waals surface area contributed by atoms with Gasteiger partial charge in [-0.1, -0.05) is 30.3 Å². The normalized spacial score (nSPS) is 11.5. The van der Waals surface area contributed by atoms with E-state index in [-0.39, 0.29) is 29.5 Å². The maximum Gasteiger partial charge on any atom is 0.330 e. The molecule has 2 aromatic carbocycles. The van der Waals surface area contributed by atoms with Gasteiger partial charge in [-0.15, -0.1) is 5.10 Å². The van der Waals surface area contributed by atoms with Crippen LogP contribution < -0.4 is 21.9 Å². The number of nitrogens with two attached hydrogens (primary N) is 1. The Morgan fingerprint density at radius 2 is 1.74 bits per heavy atom. The van der Waals surface area contributed by atoms with Gasteiger partial charge in [0.1, 0.15) is 11.5 Å². The summed E-state index contributed by atoms with van der Waals surface area (Å²) in [6.45, 7) is 0.269. The summed E-state index contributed by atoms with van der Waals surface area (Å²) in [6.07, 6.45) is 1.12. The first-order valence-corrected chi connectivity index (χ1v) is 12.0. The number of aromatic amines is 1. The van der Waals surface area contributed by atoms with E-state index in [9.17, 15) is 18.0 Å². The van der Waals surface area contributed by atoms with Crippen molar-refractivity contribution in [3.05, 3.63) is 86.8 Å². The van der Waals surface area contributed by atoms with E-state index in [4.69, 9.17) is 5.73 Å². The fourth-order valence-corrected chi connectivity index (χ4v) is 4.13. The number of hydrogen-bond donors (Lipinski definition) is 2. The minimum atomic E-state index is -3.34. The Balaban J connectivity index is 1.65. The quantitative estimate of drug-likeness (QED) is 0.374. The van der Waals surface area contributed by atoms with Gasteiger partial charge < -0.3 is 10.6 Å². The fraction of sp³-hybridized carbons (Fsp3) is 0.190. The third-order valence-corrected chi connectivity index (χ3v) is 6.33. The standard InChI is InChI=1S/C21H22N8O4S/c1-27(13-17-24-25-26-29(17)15-8-10-16(11-9-15)34(2,32)33)18-19(22)28(21(31)23-20(18)30)12-14-6-4-3-5-7-14/h3-11H,12-13,22H2,1-2H3,(H,23,30,31). The average Bonchev–Trinajstić information content (AvgIpc) is 3.24. The number of nitrogens with zero attached hydrogens (tertiary/aromatic N) is 6. The first-order chi connectivity index (χ1) is 16.1. The van der Waals surface area contributed by atoms with Gasteiger partial charge in [-0.2, -0.15) is 4.68 Å². The van der Waals surface area contributed by atoms with Crippen molar-refractivity contribution in [2.45, 2.75) is 18.0 Å². The SMILES string of the molecule is CN(Cc1nnnn1-c1ccc(S(C)(=O)=O)cc1)c1c(N)n(Cc2ccccc2)c(=O)[nH]c1=O. The van der Waals surface area contributed by atoms with Crippen molar-refractivity contribution in [3.63, 3.8) is 0 Å². The van der Waals surface area contributed by atoms with Crippen LogP contribution in [0.5, 0.6) is 0 Å². The second kappa shape index (κ2) is 8.94. The maximum absolute atomic E-state index is 12.6. The summed E-state index contributed by atoms with van der Waals surface area (Å²) >= 11 is 0. The molecule has 0 saturated carbocycles. The number of sulfone groups is 1. The number of aromatic nitrogens is 6. The molecule has 34 heavy (non-hydrogen) atoms. The van der Waals surface area contributed by atoms with Crippen LogP contribution in [0.3, 0.4) is 0 Å². The van der Waals surface area contributed by atoms with Crippen molar-refractivity contribution in [1.82, 2.24) is 29.8 Å². The number of tetrazole rings is 1. The largest absolute Gasteiger partial charge is 0.383 e. The number of benzene rings is 2. The minimum absolute atomic E-state index is 0.0108. The molecule has 4 aromatic rings. The predicted octanol–water partition coefficient (Wildman–Crippen LogP) is 0.183.